The second kappa shape index (κ2) is 8.43. The van der Waals surface area contributed by atoms with Crippen molar-refractivity contribution in [3.05, 3.63) is 60.2 Å². The molecule has 0 unspecified atom stereocenters. The van der Waals surface area contributed by atoms with Gasteiger partial charge in [0.25, 0.3) is 5.91 Å². The van der Waals surface area contributed by atoms with Crippen molar-refractivity contribution in [2.24, 2.45) is 5.92 Å². The molecule has 1 aromatic heterocycles. The summed E-state index contributed by atoms with van der Waals surface area (Å²) in [6, 6.07) is 11.5. The van der Waals surface area contributed by atoms with Crippen molar-refractivity contribution in [3.8, 4) is 11.1 Å². The third-order valence-corrected chi connectivity index (χ3v) is 5.42. The molecule has 0 aliphatic heterocycles. The van der Waals surface area contributed by atoms with E-state index >= 15 is 0 Å². The van der Waals surface area contributed by atoms with Gasteiger partial charge in [0.15, 0.2) is 5.69 Å². The van der Waals surface area contributed by atoms with Crippen LogP contribution < -0.4 is 11.1 Å². The quantitative estimate of drug-likeness (QED) is 0.625. The van der Waals surface area contributed by atoms with E-state index in [1.807, 2.05) is 6.07 Å². The number of nitrogens with one attached hydrogen (secondary N) is 1. The number of aromatic nitrogens is 3. The van der Waals surface area contributed by atoms with Gasteiger partial charge in [-0.3, -0.25) is 9.48 Å². The highest BCUT2D eigenvalue weighted by molar-refractivity contribution is 6.04. The maximum atomic E-state index is 13.2. The van der Waals surface area contributed by atoms with Crippen LogP contribution in [-0.4, -0.2) is 20.9 Å². The molecule has 1 saturated carbocycles. The molecule has 1 fully saturated rings. The van der Waals surface area contributed by atoms with Crippen molar-refractivity contribution in [2.75, 3.05) is 11.1 Å². The van der Waals surface area contributed by atoms with E-state index in [1.165, 1.54) is 44.2 Å². The van der Waals surface area contributed by atoms with Crippen molar-refractivity contribution in [3.63, 3.8) is 0 Å². The first kappa shape index (κ1) is 19.1. The third kappa shape index (κ3) is 4.62. The van der Waals surface area contributed by atoms with Crippen LogP contribution in [0.2, 0.25) is 0 Å². The van der Waals surface area contributed by atoms with Crippen LogP contribution in [-0.2, 0) is 6.54 Å². The van der Waals surface area contributed by atoms with Crippen LogP contribution in [0.5, 0.6) is 0 Å². The fourth-order valence-electron chi connectivity index (χ4n) is 3.80. The van der Waals surface area contributed by atoms with Crippen LogP contribution in [0.25, 0.3) is 11.1 Å². The van der Waals surface area contributed by atoms with Crippen molar-refractivity contribution in [1.29, 1.82) is 0 Å². The average molecular weight is 393 g/mol. The Morgan fingerprint density at radius 2 is 1.83 bits per heavy atom. The Hall–Kier alpha value is -3.22. The minimum atomic E-state index is -0.358. The molecule has 0 spiro atoms. The van der Waals surface area contributed by atoms with E-state index in [0.717, 1.165) is 17.7 Å². The SMILES string of the molecule is Nc1ccc(-c2ccc(F)cc2)cc1NC(=O)c1cn(CC2CCCCC2)nn1. The van der Waals surface area contributed by atoms with E-state index in [1.54, 1.807) is 35.1 Å². The minimum Gasteiger partial charge on any atom is -0.397 e. The zero-order valence-electron chi connectivity index (χ0n) is 16.1. The standard InChI is InChI=1S/C22H24FN5O/c23-18-9-6-16(7-10-18)17-8-11-19(24)20(12-17)25-22(29)21-14-28(27-26-21)13-15-4-2-1-3-5-15/h6-12,14-15H,1-5,13,24H2,(H,25,29). The van der Waals surface area contributed by atoms with Gasteiger partial charge in [-0.15, -0.1) is 5.10 Å². The minimum absolute atomic E-state index is 0.257. The van der Waals surface area contributed by atoms with Crippen LogP contribution in [0.15, 0.2) is 48.7 Å². The van der Waals surface area contributed by atoms with Crippen LogP contribution >= 0.6 is 0 Å². The zero-order valence-corrected chi connectivity index (χ0v) is 16.1. The first-order valence-corrected chi connectivity index (χ1v) is 9.95. The number of hydrogen-bond acceptors (Lipinski definition) is 4. The number of halogens is 1. The lowest BCUT2D eigenvalue weighted by Gasteiger charge is -2.20. The van der Waals surface area contributed by atoms with Crippen LogP contribution in [0.4, 0.5) is 15.8 Å². The second-order valence-corrected chi connectivity index (χ2v) is 7.59. The molecule has 2 aromatic carbocycles. The molecule has 6 nitrogen and oxygen atoms in total. The molecule has 1 aliphatic rings. The van der Waals surface area contributed by atoms with Gasteiger partial charge in [-0.2, -0.15) is 0 Å². The Kier molecular flexibility index (Phi) is 5.55. The van der Waals surface area contributed by atoms with Gasteiger partial charge >= 0.3 is 0 Å². The molecule has 0 saturated heterocycles. The summed E-state index contributed by atoms with van der Waals surface area (Å²) in [6.07, 6.45) is 7.92. The summed E-state index contributed by atoms with van der Waals surface area (Å²) in [6.45, 7) is 0.794. The van der Waals surface area contributed by atoms with Crippen LogP contribution in [0.3, 0.4) is 0 Å². The van der Waals surface area contributed by atoms with E-state index in [-0.39, 0.29) is 17.4 Å². The monoisotopic (exact) mass is 393 g/mol. The van der Waals surface area contributed by atoms with Crippen molar-refractivity contribution in [2.45, 2.75) is 38.6 Å². The summed E-state index contributed by atoms with van der Waals surface area (Å²) in [7, 11) is 0. The summed E-state index contributed by atoms with van der Waals surface area (Å²) >= 11 is 0. The number of nitrogens with zero attached hydrogens (tertiary/aromatic N) is 3. The van der Waals surface area contributed by atoms with E-state index in [0.29, 0.717) is 17.3 Å². The maximum Gasteiger partial charge on any atom is 0.277 e. The van der Waals surface area contributed by atoms with E-state index in [9.17, 15) is 9.18 Å². The maximum absolute atomic E-state index is 13.2. The highest BCUT2D eigenvalue weighted by Gasteiger charge is 2.17. The smallest absolute Gasteiger partial charge is 0.277 e. The number of anilines is 2. The van der Waals surface area contributed by atoms with Gasteiger partial charge < -0.3 is 11.1 Å². The molecule has 1 amide bonds. The predicted molar refractivity (Wildman–Crippen MR) is 111 cm³/mol. The molecule has 29 heavy (non-hydrogen) atoms. The third-order valence-electron chi connectivity index (χ3n) is 5.42. The van der Waals surface area contributed by atoms with Crippen molar-refractivity contribution < 1.29 is 9.18 Å². The van der Waals surface area contributed by atoms with Gasteiger partial charge in [-0.25, -0.2) is 4.39 Å². The van der Waals surface area contributed by atoms with E-state index in [2.05, 4.69) is 15.6 Å². The molecule has 0 atom stereocenters. The highest BCUT2D eigenvalue weighted by atomic mass is 19.1. The second-order valence-electron chi connectivity index (χ2n) is 7.59. The number of rotatable bonds is 5. The zero-order chi connectivity index (χ0) is 20.2. The number of benzene rings is 2. The van der Waals surface area contributed by atoms with Gasteiger partial charge in [0.2, 0.25) is 0 Å². The van der Waals surface area contributed by atoms with Gasteiger partial charge in [-0.1, -0.05) is 42.7 Å². The lowest BCUT2D eigenvalue weighted by atomic mass is 9.89. The number of amides is 1. The summed E-state index contributed by atoms with van der Waals surface area (Å²) in [5.74, 6) is -0.0544. The summed E-state index contributed by atoms with van der Waals surface area (Å²) in [5, 5.41) is 10.9. The molecule has 3 N–H and O–H groups in total. The molecule has 0 radical (unpaired) electrons. The molecular formula is C22H24FN5O. The first-order chi connectivity index (χ1) is 14.1. The average Bonchev–Trinajstić information content (AvgIpc) is 3.20. The summed E-state index contributed by atoms with van der Waals surface area (Å²) < 4.78 is 14.9. The molecule has 1 aliphatic carbocycles. The first-order valence-electron chi connectivity index (χ1n) is 9.95. The number of nitrogen functional groups attached to an aromatic ring is 1. The Morgan fingerprint density at radius 3 is 2.59 bits per heavy atom. The number of nitrogens with two attached hydrogens (primary N) is 1. The number of carbonyl (C=O) groups is 1. The van der Waals surface area contributed by atoms with Crippen LogP contribution in [0.1, 0.15) is 42.6 Å². The van der Waals surface area contributed by atoms with Gasteiger partial charge in [0.05, 0.1) is 17.6 Å². The molecule has 150 valence electrons. The lowest BCUT2D eigenvalue weighted by molar-refractivity contribution is 0.102. The fraction of sp³-hybridized carbons (Fsp3) is 0.318. The van der Waals surface area contributed by atoms with Crippen molar-refractivity contribution >= 4 is 17.3 Å². The van der Waals surface area contributed by atoms with Gasteiger partial charge in [-0.05, 0) is 54.2 Å². The number of hydrogen-bond donors (Lipinski definition) is 2. The molecule has 1 heterocycles. The van der Waals surface area contributed by atoms with Gasteiger partial charge in [0, 0.05) is 6.54 Å². The molecule has 4 rings (SSSR count). The largest absolute Gasteiger partial charge is 0.397 e. The highest BCUT2D eigenvalue weighted by Crippen LogP contribution is 2.28. The van der Waals surface area contributed by atoms with Crippen molar-refractivity contribution in [1.82, 2.24) is 15.0 Å². The normalized spacial score (nSPS) is 14.7. The molecule has 0 bridgehead atoms. The Bertz CT molecular complexity index is 993. The molecular weight excluding hydrogens is 369 g/mol. The molecule has 3 aromatic rings. The Morgan fingerprint density at radius 1 is 1.10 bits per heavy atom. The molecule has 7 heteroatoms. The van der Waals surface area contributed by atoms with Crippen LogP contribution in [0, 0.1) is 11.7 Å². The number of carbonyl (C=O) groups excluding carboxylic acids is 1. The van der Waals surface area contributed by atoms with Gasteiger partial charge in [0.1, 0.15) is 5.82 Å². The Labute approximate surface area is 168 Å². The van der Waals surface area contributed by atoms with E-state index in [4.69, 9.17) is 5.73 Å². The predicted octanol–water partition coefficient (Wildman–Crippen LogP) is 4.50. The Balaban J connectivity index is 1.46. The summed E-state index contributed by atoms with van der Waals surface area (Å²) in [5.41, 5.74) is 8.88. The fourth-order valence-corrected chi connectivity index (χ4v) is 3.80. The summed E-state index contributed by atoms with van der Waals surface area (Å²) in [4.78, 5) is 12.6. The lowest BCUT2D eigenvalue weighted by Crippen LogP contribution is -2.15. The van der Waals surface area contributed by atoms with E-state index < -0.39 is 0 Å². The topological polar surface area (TPSA) is 85.8 Å².